The molecule has 4 heterocycles. The Morgan fingerprint density at radius 2 is 1.17 bits per heavy atom. The van der Waals surface area contributed by atoms with E-state index in [9.17, 15) is 19.2 Å². The van der Waals surface area contributed by atoms with E-state index in [1.807, 2.05) is 39.8 Å². The molecule has 2 saturated heterocycles. The number of hydrogen-bond donors (Lipinski definition) is 4. The summed E-state index contributed by atoms with van der Waals surface area (Å²) in [7, 11) is 2.48. The van der Waals surface area contributed by atoms with Crippen LogP contribution < -0.4 is 10.6 Å². The van der Waals surface area contributed by atoms with Crippen molar-refractivity contribution in [3.63, 3.8) is 0 Å². The van der Waals surface area contributed by atoms with E-state index >= 15 is 8.78 Å². The average molecular weight is 865 g/mol. The number of alkyl halides is 2. The lowest BCUT2D eigenvalue weighted by Gasteiger charge is -2.31. The molecule has 5 aromatic rings. The molecule has 16 heteroatoms. The number of aromatic amines is 2. The zero-order valence-electron chi connectivity index (χ0n) is 36.3. The van der Waals surface area contributed by atoms with E-state index in [1.165, 1.54) is 41.6 Å². The Kier molecular flexibility index (Phi) is 11.1. The van der Waals surface area contributed by atoms with Crippen LogP contribution in [0.3, 0.4) is 0 Å². The Balaban J connectivity index is 1.00. The lowest BCUT2D eigenvalue weighted by molar-refractivity contribution is -0.136. The predicted octanol–water partition coefficient (Wildman–Crippen LogP) is 7.81. The average Bonchev–Trinajstić information content (AvgIpc) is 4.09. The molecular formula is C47H54F2N8O6. The predicted molar refractivity (Wildman–Crippen MR) is 232 cm³/mol. The van der Waals surface area contributed by atoms with Crippen LogP contribution in [0.15, 0.2) is 48.5 Å². The fourth-order valence-corrected chi connectivity index (χ4v) is 10.3. The van der Waals surface area contributed by atoms with Crippen LogP contribution in [0.25, 0.3) is 44.3 Å². The second-order valence-corrected chi connectivity index (χ2v) is 18.3. The van der Waals surface area contributed by atoms with E-state index in [-0.39, 0.29) is 49.6 Å². The first-order chi connectivity index (χ1) is 30.2. The number of ether oxygens (including phenoxy) is 2. The molecule has 0 radical (unpaired) electrons. The van der Waals surface area contributed by atoms with Crippen molar-refractivity contribution < 1.29 is 37.4 Å². The number of carbonyl (C=O) groups is 4. The second kappa shape index (κ2) is 16.6. The summed E-state index contributed by atoms with van der Waals surface area (Å²) < 4.78 is 39.6. The van der Waals surface area contributed by atoms with Gasteiger partial charge in [0, 0.05) is 12.8 Å². The van der Waals surface area contributed by atoms with Crippen molar-refractivity contribution in [3.8, 4) is 22.3 Å². The monoisotopic (exact) mass is 864 g/mol. The SMILES string of the molecule is COC(=O)N[C@H](C(=O)N1C[C@@H](F)C[C@H]1c1nc2ccc(-c3ccc(-c4ccc5nc([C@@H]6C[C@H](F)CN6C(=O)[C@@H](NC(=O)OC)C(C)C)[nH]c5c4)c4c3CC3CCC43)cc2[nH]1)C(C)C. The highest BCUT2D eigenvalue weighted by atomic mass is 19.1. The van der Waals surface area contributed by atoms with Crippen molar-refractivity contribution in [2.24, 2.45) is 17.8 Å². The number of carbonyl (C=O) groups excluding carboxylic acids is 4. The van der Waals surface area contributed by atoms with Gasteiger partial charge in [-0.2, -0.15) is 0 Å². The first-order valence-corrected chi connectivity index (χ1v) is 22.0. The normalized spacial score (nSPS) is 23.8. The minimum absolute atomic E-state index is 0.0937. The van der Waals surface area contributed by atoms with Gasteiger partial charge in [-0.25, -0.2) is 28.3 Å². The third-order valence-electron chi connectivity index (χ3n) is 13.7. The Hall–Kier alpha value is -6.06. The summed E-state index contributed by atoms with van der Waals surface area (Å²) >= 11 is 0. The first-order valence-electron chi connectivity index (χ1n) is 22.0. The highest BCUT2D eigenvalue weighted by molar-refractivity contribution is 5.90. The Labute approximate surface area is 363 Å². The van der Waals surface area contributed by atoms with Crippen LogP contribution in [0.4, 0.5) is 18.4 Å². The van der Waals surface area contributed by atoms with Gasteiger partial charge in [-0.1, -0.05) is 52.0 Å². The number of aromatic nitrogens is 4. The smallest absolute Gasteiger partial charge is 0.407 e. The number of methoxy groups -OCH3 is 2. The van der Waals surface area contributed by atoms with E-state index in [1.54, 1.807) is 0 Å². The topological polar surface area (TPSA) is 175 Å². The maximum absolute atomic E-state index is 15.1. The van der Waals surface area contributed by atoms with Crippen molar-refractivity contribution in [2.75, 3.05) is 27.3 Å². The summed E-state index contributed by atoms with van der Waals surface area (Å²) in [4.78, 5) is 71.2. The highest BCUT2D eigenvalue weighted by Crippen LogP contribution is 2.56. The van der Waals surface area contributed by atoms with Crippen LogP contribution in [0.1, 0.15) is 94.2 Å². The van der Waals surface area contributed by atoms with Crippen molar-refractivity contribution in [3.05, 3.63) is 71.3 Å². The van der Waals surface area contributed by atoms with E-state index in [2.05, 4.69) is 57.0 Å². The Morgan fingerprint density at radius 3 is 1.62 bits per heavy atom. The zero-order valence-corrected chi connectivity index (χ0v) is 36.3. The summed E-state index contributed by atoms with van der Waals surface area (Å²) in [5.41, 5.74) is 10.0. The van der Waals surface area contributed by atoms with Gasteiger partial charge in [-0.3, -0.25) is 9.59 Å². The van der Waals surface area contributed by atoms with Crippen molar-refractivity contribution in [1.29, 1.82) is 0 Å². The fourth-order valence-electron chi connectivity index (χ4n) is 10.3. The Bertz CT molecular complexity index is 2610. The van der Waals surface area contributed by atoms with E-state index in [0.29, 0.717) is 34.5 Å². The number of rotatable bonds is 10. The van der Waals surface area contributed by atoms with Gasteiger partial charge in [0.15, 0.2) is 0 Å². The molecule has 0 spiro atoms. The van der Waals surface area contributed by atoms with Crippen LogP contribution in [-0.4, -0.2) is 105 Å². The number of alkyl carbamates (subject to hydrolysis) is 2. The molecule has 3 fully saturated rings. The molecule has 2 aliphatic heterocycles. The van der Waals surface area contributed by atoms with Gasteiger partial charge in [0.05, 0.1) is 61.5 Å². The van der Waals surface area contributed by atoms with Crippen molar-refractivity contribution >= 4 is 46.1 Å². The first kappa shape index (κ1) is 42.3. The molecule has 2 aliphatic carbocycles. The summed E-state index contributed by atoms with van der Waals surface area (Å²) in [5, 5.41) is 5.24. The van der Waals surface area contributed by atoms with E-state index in [0.717, 1.165) is 46.1 Å². The van der Waals surface area contributed by atoms with Crippen LogP contribution in [0.2, 0.25) is 0 Å². The fraction of sp³-hybridized carbons (Fsp3) is 0.489. The number of amides is 4. The van der Waals surface area contributed by atoms with Crippen molar-refractivity contribution in [2.45, 2.75) is 102 Å². The highest BCUT2D eigenvalue weighted by Gasteiger charge is 2.45. The van der Waals surface area contributed by atoms with Crippen LogP contribution in [0, 0.1) is 17.8 Å². The van der Waals surface area contributed by atoms with Crippen molar-refractivity contribution in [1.82, 2.24) is 40.4 Å². The molecule has 4 N–H and O–H groups in total. The molecule has 0 bridgehead atoms. The van der Waals surface area contributed by atoms with Gasteiger partial charge in [-0.15, -0.1) is 0 Å². The molecule has 9 rings (SSSR count). The van der Waals surface area contributed by atoms with Gasteiger partial charge in [0.25, 0.3) is 0 Å². The molecule has 3 aromatic carbocycles. The maximum Gasteiger partial charge on any atom is 0.407 e. The third kappa shape index (κ3) is 7.64. The molecule has 332 valence electrons. The minimum atomic E-state index is -1.24. The van der Waals surface area contributed by atoms with Gasteiger partial charge in [0.1, 0.15) is 36.1 Å². The molecule has 8 atom stereocenters. The number of likely N-dealkylation sites (tertiary alicyclic amines) is 2. The number of H-pyrrole nitrogens is 2. The van der Waals surface area contributed by atoms with Gasteiger partial charge in [-0.05, 0) is 101 Å². The second-order valence-electron chi connectivity index (χ2n) is 18.3. The lowest BCUT2D eigenvalue weighted by Crippen LogP contribution is -2.51. The number of nitrogens with one attached hydrogen (secondary N) is 4. The molecule has 2 aromatic heterocycles. The Morgan fingerprint density at radius 1 is 0.698 bits per heavy atom. The number of nitrogens with zero attached hydrogens (tertiary/aromatic N) is 4. The van der Waals surface area contributed by atoms with E-state index in [4.69, 9.17) is 19.4 Å². The standard InChI is InChI=1S/C47H54F2N8O6/c1-22(2)40(54-46(60)62-5)44(58)56-20-27(48)18-37(56)42-50-33-13-8-25(16-35(33)52-42)29-11-12-31(39-30-10-7-24(30)15-32(29)39)26-9-14-34-36(17-26)53-43(51-34)38-19-28(49)21-57(38)45(59)41(23(3)4)55-47(61)63-6/h8-9,11-14,16-17,22-24,27-28,30,37-38,40-41H,7,10,15,18-21H2,1-6H3,(H,50,52)(H,51,53)(H,54,60)(H,55,61)/t24?,27-,28-,30?,37-,38-,40-,41-/m0/s1. The van der Waals surface area contributed by atoms with Crippen LogP contribution in [0.5, 0.6) is 0 Å². The number of hydrogen-bond acceptors (Lipinski definition) is 8. The molecule has 4 aliphatic rings. The van der Waals surface area contributed by atoms with Crippen LogP contribution >= 0.6 is 0 Å². The maximum atomic E-state index is 15.1. The molecule has 63 heavy (non-hydrogen) atoms. The van der Waals surface area contributed by atoms with Gasteiger partial charge >= 0.3 is 12.2 Å². The summed E-state index contributed by atoms with van der Waals surface area (Å²) in [6.07, 6.45) is -0.474. The third-order valence-corrected chi connectivity index (χ3v) is 13.7. The molecule has 14 nitrogen and oxygen atoms in total. The summed E-state index contributed by atoms with van der Waals surface area (Å²) in [5.74, 6) is 0.746. The largest absolute Gasteiger partial charge is 0.453 e. The van der Waals surface area contributed by atoms with Crippen LogP contribution in [-0.2, 0) is 25.5 Å². The zero-order chi connectivity index (χ0) is 44.4. The van der Waals surface area contributed by atoms with Gasteiger partial charge in [0.2, 0.25) is 11.8 Å². The van der Waals surface area contributed by atoms with E-state index < -0.39 is 48.7 Å². The van der Waals surface area contributed by atoms with Gasteiger partial charge < -0.3 is 39.9 Å². The quantitative estimate of drug-likeness (QED) is 0.110. The number of benzene rings is 3. The summed E-state index contributed by atoms with van der Waals surface area (Å²) in [6, 6.07) is 13.6. The lowest BCUT2D eigenvalue weighted by atomic mass is 9.73. The number of halogens is 2. The number of fused-ring (bicyclic) bond motifs is 5. The molecular weight excluding hydrogens is 811 g/mol. The number of imidazole rings is 2. The molecule has 1 saturated carbocycles. The minimum Gasteiger partial charge on any atom is -0.453 e. The molecule has 2 unspecified atom stereocenters. The summed E-state index contributed by atoms with van der Waals surface area (Å²) in [6.45, 7) is 7.09. The molecule has 4 amide bonds.